The minimum absolute atomic E-state index is 0.256. The summed E-state index contributed by atoms with van der Waals surface area (Å²) in [6.45, 7) is 8.30. The molecular formula is C11H22O2. The van der Waals surface area contributed by atoms with Gasteiger partial charge in [0.15, 0.2) is 5.79 Å². The number of ether oxygens (including phenoxy) is 2. The first-order valence-electron chi connectivity index (χ1n) is 5.41. The second-order valence-corrected chi connectivity index (χ2v) is 4.37. The van der Waals surface area contributed by atoms with Gasteiger partial charge in [-0.05, 0) is 27.2 Å². The third-order valence-corrected chi connectivity index (χ3v) is 2.52. The molecule has 1 aliphatic heterocycles. The summed E-state index contributed by atoms with van der Waals surface area (Å²) in [5.74, 6) is -0.365. The van der Waals surface area contributed by atoms with Crippen molar-refractivity contribution in [3.63, 3.8) is 0 Å². The van der Waals surface area contributed by atoms with Gasteiger partial charge in [0.05, 0.1) is 12.2 Å². The molecule has 0 N–H and O–H groups in total. The number of unbranched alkanes of at least 4 members (excludes halogenated alkanes) is 2. The van der Waals surface area contributed by atoms with Gasteiger partial charge >= 0.3 is 0 Å². The van der Waals surface area contributed by atoms with Gasteiger partial charge in [-0.15, -0.1) is 0 Å². The van der Waals surface area contributed by atoms with E-state index < -0.39 is 0 Å². The monoisotopic (exact) mass is 186 g/mol. The largest absolute Gasteiger partial charge is 0.345 e. The average molecular weight is 186 g/mol. The van der Waals surface area contributed by atoms with Crippen molar-refractivity contribution in [2.24, 2.45) is 0 Å². The first kappa shape index (κ1) is 11.0. The van der Waals surface area contributed by atoms with E-state index in [0.717, 1.165) is 6.42 Å². The molecule has 0 aromatic rings. The van der Waals surface area contributed by atoms with Crippen LogP contribution in [0.15, 0.2) is 0 Å². The van der Waals surface area contributed by atoms with E-state index in [4.69, 9.17) is 9.47 Å². The predicted molar refractivity (Wildman–Crippen MR) is 53.6 cm³/mol. The summed E-state index contributed by atoms with van der Waals surface area (Å²) in [5, 5.41) is 0. The van der Waals surface area contributed by atoms with Gasteiger partial charge in [-0.1, -0.05) is 26.2 Å². The molecule has 0 amide bonds. The van der Waals surface area contributed by atoms with E-state index in [1.807, 2.05) is 13.8 Å². The fourth-order valence-corrected chi connectivity index (χ4v) is 1.90. The summed E-state index contributed by atoms with van der Waals surface area (Å²) >= 11 is 0. The molecule has 2 heteroatoms. The summed E-state index contributed by atoms with van der Waals surface area (Å²) in [7, 11) is 0. The molecule has 1 rings (SSSR count). The highest BCUT2D eigenvalue weighted by atomic mass is 16.7. The third-order valence-electron chi connectivity index (χ3n) is 2.52. The van der Waals surface area contributed by atoms with Crippen LogP contribution in [0.25, 0.3) is 0 Å². The van der Waals surface area contributed by atoms with E-state index in [1.165, 1.54) is 19.3 Å². The van der Waals surface area contributed by atoms with E-state index in [2.05, 4.69) is 13.8 Å². The molecule has 0 spiro atoms. The molecule has 0 bridgehead atoms. The van der Waals surface area contributed by atoms with Crippen LogP contribution in [-0.4, -0.2) is 18.0 Å². The fraction of sp³-hybridized carbons (Fsp3) is 1.00. The minimum atomic E-state index is -0.365. The quantitative estimate of drug-likeness (QED) is 0.628. The average Bonchev–Trinajstić information content (AvgIpc) is 2.25. The molecule has 0 aromatic heterocycles. The standard InChI is InChI=1S/C11H22O2/c1-5-6-7-8-10-9(2)12-11(3,4)13-10/h9-10H,5-8H2,1-4H3/t9-,10+/m0/s1. The van der Waals surface area contributed by atoms with E-state index >= 15 is 0 Å². The molecule has 0 saturated carbocycles. The lowest BCUT2D eigenvalue weighted by atomic mass is 10.1. The Morgan fingerprint density at radius 1 is 1.15 bits per heavy atom. The van der Waals surface area contributed by atoms with Gasteiger partial charge < -0.3 is 9.47 Å². The summed E-state index contributed by atoms with van der Waals surface area (Å²) in [4.78, 5) is 0. The maximum atomic E-state index is 5.79. The van der Waals surface area contributed by atoms with Gasteiger partial charge in [0.25, 0.3) is 0 Å². The van der Waals surface area contributed by atoms with Crippen LogP contribution in [0, 0.1) is 0 Å². The zero-order valence-electron chi connectivity index (χ0n) is 9.30. The normalized spacial score (nSPS) is 32.3. The Bertz CT molecular complexity index is 154. The van der Waals surface area contributed by atoms with E-state index in [0.29, 0.717) is 6.10 Å². The maximum absolute atomic E-state index is 5.79. The Hall–Kier alpha value is -0.0800. The first-order valence-corrected chi connectivity index (χ1v) is 5.41. The molecular weight excluding hydrogens is 164 g/mol. The Morgan fingerprint density at radius 3 is 2.31 bits per heavy atom. The molecule has 0 aromatic carbocycles. The van der Waals surface area contributed by atoms with E-state index in [-0.39, 0.29) is 11.9 Å². The lowest BCUT2D eigenvalue weighted by Crippen LogP contribution is -2.21. The molecule has 0 unspecified atom stereocenters. The van der Waals surface area contributed by atoms with Crippen molar-refractivity contribution in [1.82, 2.24) is 0 Å². The van der Waals surface area contributed by atoms with Crippen molar-refractivity contribution in [2.75, 3.05) is 0 Å². The Labute approximate surface area is 81.6 Å². The third kappa shape index (κ3) is 3.28. The number of hydrogen-bond donors (Lipinski definition) is 0. The summed E-state index contributed by atoms with van der Waals surface area (Å²) in [6, 6.07) is 0. The van der Waals surface area contributed by atoms with Crippen LogP contribution < -0.4 is 0 Å². The minimum Gasteiger partial charge on any atom is -0.345 e. The Balaban J connectivity index is 2.27. The predicted octanol–water partition coefficient (Wildman–Crippen LogP) is 3.11. The molecule has 1 saturated heterocycles. The lowest BCUT2D eigenvalue weighted by molar-refractivity contribution is -0.145. The van der Waals surface area contributed by atoms with Gasteiger partial charge in [0.2, 0.25) is 0 Å². The van der Waals surface area contributed by atoms with Crippen molar-refractivity contribution >= 4 is 0 Å². The van der Waals surface area contributed by atoms with Gasteiger partial charge in [-0.25, -0.2) is 0 Å². The van der Waals surface area contributed by atoms with Crippen molar-refractivity contribution < 1.29 is 9.47 Å². The zero-order valence-corrected chi connectivity index (χ0v) is 9.30. The van der Waals surface area contributed by atoms with Gasteiger partial charge in [-0.2, -0.15) is 0 Å². The van der Waals surface area contributed by atoms with E-state index in [9.17, 15) is 0 Å². The van der Waals surface area contributed by atoms with Crippen molar-refractivity contribution in [1.29, 1.82) is 0 Å². The Kier molecular flexibility index (Phi) is 3.74. The Morgan fingerprint density at radius 2 is 1.85 bits per heavy atom. The van der Waals surface area contributed by atoms with Crippen LogP contribution >= 0.6 is 0 Å². The van der Waals surface area contributed by atoms with Crippen LogP contribution in [0.5, 0.6) is 0 Å². The highest BCUT2D eigenvalue weighted by molar-refractivity contribution is 4.77. The van der Waals surface area contributed by atoms with Crippen molar-refractivity contribution in [3.8, 4) is 0 Å². The smallest absolute Gasteiger partial charge is 0.163 e. The molecule has 1 fully saturated rings. The lowest BCUT2D eigenvalue weighted by Gasteiger charge is -2.16. The summed E-state index contributed by atoms with van der Waals surface area (Å²) in [5.41, 5.74) is 0. The SMILES string of the molecule is CCCCC[C@H]1OC(C)(C)O[C@H]1C. The molecule has 78 valence electrons. The number of rotatable bonds is 4. The van der Waals surface area contributed by atoms with Gasteiger partial charge in [0.1, 0.15) is 0 Å². The first-order chi connectivity index (χ1) is 6.05. The molecule has 1 heterocycles. The fourth-order valence-electron chi connectivity index (χ4n) is 1.90. The molecule has 13 heavy (non-hydrogen) atoms. The second kappa shape index (κ2) is 4.43. The van der Waals surface area contributed by atoms with Crippen LogP contribution in [0.4, 0.5) is 0 Å². The zero-order chi connectivity index (χ0) is 9.90. The number of hydrogen-bond acceptors (Lipinski definition) is 2. The molecule has 0 radical (unpaired) electrons. The van der Waals surface area contributed by atoms with Crippen molar-refractivity contribution in [3.05, 3.63) is 0 Å². The van der Waals surface area contributed by atoms with Crippen molar-refractivity contribution in [2.45, 2.75) is 71.4 Å². The molecule has 2 atom stereocenters. The van der Waals surface area contributed by atoms with Crippen LogP contribution in [0.3, 0.4) is 0 Å². The topological polar surface area (TPSA) is 18.5 Å². The summed E-state index contributed by atoms with van der Waals surface area (Å²) < 4.78 is 11.5. The van der Waals surface area contributed by atoms with Crippen LogP contribution in [-0.2, 0) is 9.47 Å². The molecule has 2 nitrogen and oxygen atoms in total. The summed E-state index contributed by atoms with van der Waals surface area (Å²) in [6.07, 6.45) is 5.52. The highest BCUT2D eigenvalue weighted by Gasteiger charge is 2.37. The van der Waals surface area contributed by atoms with Crippen LogP contribution in [0.1, 0.15) is 53.4 Å². The highest BCUT2D eigenvalue weighted by Crippen LogP contribution is 2.30. The molecule has 1 aliphatic rings. The van der Waals surface area contributed by atoms with Gasteiger partial charge in [0, 0.05) is 0 Å². The maximum Gasteiger partial charge on any atom is 0.163 e. The van der Waals surface area contributed by atoms with Crippen LogP contribution in [0.2, 0.25) is 0 Å². The molecule has 0 aliphatic carbocycles. The van der Waals surface area contributed by atoms with Gasteiger partial charge in [-0.3, -0.25) is 0 Å². The van der Waals surface area contributed by atoms with E-state index in [1.54, 1.807) is 0 Å². The second-order valence-electron chi connectivity index (χ2n) is 4.37.